The molecule has 0 atom stereocenters. The van der Waals surface area contributed by atoms with Gasteiger partial charge in [-0.3, -0.25) is 19.3 Å². The summed E-state index contributed by atoms with van der Waals surface area (Å²) in [5, 5.41) is -0.450. The van der Waals surface area contributed by atoms with Crippen molar-refractivity contribution in [3.63, 3.8) is 0 Å². The topological polar surface area (TPSA) is 79.4 Å². The fraction of sp³-hybridized carbons (Fsp3) is 0.233. The molecule has 2 heterocycles. The number of benzene rings is 3. The number of anilines is 1. The first-order valence-electron chi connectivity index (χ1n) is 12.8. The average molecular weight is 623 g/mol. The smallest absolute Gasteiger partial charge is 0.294 e. The number of imide groups is 1. The highest BCUT2D eigenvalue weighted by Gasteiger charge is 2.37. The van der Waals surface area contributed by atoms with Gasteiger partial charge in [0.05, 0.1) is 12.0 Å². The molecule has 0 unspecified atom stereocenters. The number of methoxy groups -OCH3 is 1. The molecule has 0 aromatic heterocycles. The van der Waals surface area contributed by atoms with Gasteiger partial charge in [-0.1, -0.05) is 52.3 Å². The lowest BCUT2D eigenvalue weighted by Gasteiger charge is -2.36. The number of thioether (sulfide) groups is 1. The summed E-state index contributed by atoms with van der Waals surface area (Å²) < 4.78 is 12.4. The summed E-state index contributed by atoms with van der Waals surface area (Å²) >= 11 is 4.26. The van der Waals surface area contributed by atoms with Gasteiger partial charge in [0.1, 0.15) is 13.2 Å². The second-order valence-corrected chi connectivity index (χ2v) is 11.2. The van der Waals surface area contributed by atoms with Gasteiger partial charge in [-0.05, 0) is 65.4 Å². The Hall–Kier alpha value is -3.76. The van der Waals surface area contributed by atoms with Crippen LogP contribution < -0.4 is 14.4 Å². The van der Waals surface area contributed by atoms with E-state index in [2.05, 4.69) is 20.8 Å². The van der Waals surface area contributed by atoms with Crippen LogP contribution in [0.3, 0.4) is 0 Å². The number of rotatable bonds is 8. The number of hydrogen-bond donors (Lipinski definition) is 0. The van der Waals surface area contributed by atoms with Crippen molar-refractivity contribution < 1.29 is 23.9 Å². The second kappa shape index (κ2) is 12.6. The Morgan fingerprint density at radius 2 is 1.68 bits per heavy atom. The molecule has 8 nitrogen and oxygen atoms in total. The molecule has 0 aliphatic carbocycles. The van der Waals surface area contributed by atoms with E-state index in [-0.39, 0.29) is 17.4 Å². The minimum Gasteiger partial charge on any atom is -0.493 e. The first-order valence-corrected chi connectivity index (χ1v) is 14.4. The molecule has 3 aromatic rings. The van der Waals surface area contributed by atoms with Gasteiger partial charge in [0.25, 0.3) is 11.1 Å². The van der Waals surface area contributed by atoms with E-state index in [9.17, 15) is 14.4 Å². The lowest BCUT2D eigenvalue weighted by molar-refractivity contribution is -0.136. The van der Waals surface area contributed by atoms with Gasteiger partial charge in [0, 0.05) is 36.3 Å². The molecule has 206 valence electrons. The minimum absolute atomic E-state index is 0.231. The first-order chi connectivity index (χ1) is 19.4. The highest BCUT2D eigenvalue weighted by atomic mass is 79.9. The molecule has 0 spiro atoms. The number of piperazine rings is 1. The zero-order valence-corrected chi connectivity index (χ0v) is 24.3. The molecule has 2 aliphatic rings. The third-order valence-electron chi connectivity index (χ3n) is 6.71. The zero-order valence-electron chi connectivity index (χ0n) is 21.9. The van der Waals surface area contributed by atoms with Gasteiger partial charge < -0.3 is 19.3 Å². The minimum atomic E-state index is -0.471. The number of ether oxygens (including phenoxy) is 2. The van der Waals surface area contributed by atoms with Gasteiger partial charge in [-0.15, -0.1) is 0 Å². The van der Waals surface area contributed by atoms with E-state index < -0.39 is 11.1 Å². The summed E-state index contributed by atoms with van der Waals surface area (Å²) in [6.45, 7) is 2.58. The number of para-hydroxylation sites is 1. The van der Waals surface area contributed by atoms with Crippen molar-refractivity contribution in [2.75, 3.05) is 44.7 Å². The number of hydrogen-bond acceptors (Lipinski definition) is 7. The summed E-state index contributed by atoms with van der Waals surface area (Å²) in [5.74, 6) is 0.370. The monoisotopic (exact) mass is 621 g/mol. The third-order valence-corrected chi connectivity index (χ3v) is 8.15. The Kier molecular flexibility index (Phi) is 8.76. The quantitative estimate of drug-likeness (QED) is 0.311. The highest BCUT2D eigenvalue weighted by Crippen LogP contribution is 2.35. The van der Waals surface area contributed by atoms with Crippen LogP contribution in [0.1, 0.15) is 11.1 Å². The Labute approximate surface area is 245 Å². The molecule has 2 aliphatic heterocycles. The van der Waals surface area contributed by atoms with E-state index >= 15 is 0 Å². The number of nitrogens with zero attached hydrogens (tertiary/aromatic N) is 3. The third kappa shape index (κ3) is 6.51. The Bertz CT molecular complexity index is 1420. The van der Waals surface area contributed by atoms with Crippen LogP contribution in [0.25, 0.3) is 6.08 Å². The van der Waals surface area contributed by atoms with Gasteiger partial charge in [0.2, 0.25) is 5.91 Å². The molecule has 2 fully saturated rings. The maximum atomic E-state index is 13.1. The van der Waals surface area contributed by atoms with Gasteiger partial charge in [0.15, 0.2) is 11.5 Å². The summed E-state index contributed by atoms with van der Waals surface area (Å²) in [7, 11) is 1.55. The number of amides is 3. The van der Waals surface area contributed by atoms with Crippen molar-refractivity contribution in [1.29, 1.82) is 0 Å². The van der Waals surface area contributed by atoms with Crippen LogP contribution >= 0.6 is 27.7 Å². The van der Waals surface area contributed by atoms with Crippen molar-refractivity contribution in [3.05, 3.63) is 93.3 Å². The molecule has 2 saturated heterocycles. The van der Waals surface area contributed by atoms with Crippen molar-refractivity contribution in [2.45, 2.75) is 6.61 Å². The fourth-order valence-electron chi connectivity index (χ4n) is 4.51. The Balaban J connectivity index is 1.19. The summed E-state index contributed by atoms with van der Waals surface area (Å²) in [6.07, 6.45) is 1.63. The molecule has 5 rings (SSSR count). The highest BCUT2D eigenvalue weighted by molar-refractivity contribution is 9.10. The molecule has 0 saturated carbocycles. The standard InChI is InChI=1S/C30H28BrN3O5S/c1-38-26-17-22(9-12-25(26)39-20-21-7-10-23(31)11-8-21)18-27-29(36)34(30(37)40-27)19-28(35)33-15-13-32(14-16-33)24-5-3-2-4-6-24/h2-12,17-18H,13-16,19-20H2,1H3/b27-18-. The van der Waals surface area contributed by atoms with Gasteiger partial charge >= 0.3 is 0 Å². The lowest BCUT2D eigenvalue weighted by atomic mass is 10.1. The average Bonchev–Trinajstić information content (AvgIpc) is 3.24. The van der Waals surface area contributed by atoms with Gasteiger partial charge in [-0.2, -0.15) is 0 Å². The van der Waals surface area contributed by atoms with Crippen LogP contribution in [0, 0.1) is 0 Å². The zero-order chi connectivity index (χ0) is 28.1. The predicted molar refractivity (Wildman–Crippen MR) is 159 cm³/mol. The van der Waals surface area contributed by atoms with Crippen LogP contribution in [0.4, 0.5) is 10.5 Å². The molecule has 40 heavy (non-hydrogen) atoms. The van der Waals surface area contributed by atoms with E-state index in [4.69, 9.17) is 9.47 Å². The Morgan fingerprint density at radius 3 is 2.38 bits per heavy atom. The van der Waals surface area contributed by atoms with Crippen LogP contribution in [-0.2, 0) is 16.2 Å². The molecule has 0 bridgehead atoms. The largest absolute Gasteiger partial charge is 0.493 e. The van der Waals surface area contributed by atoms with E-state index in [1.165, 1.54) is 0 Å². The van der Waals surface area contributed by atoms with Crippen LogP contribution in [-0.4, -0.2) is 66.7 Å². The van der Waals surface area contributed by atoms with Crippen LogP contribution in [0.5, 0.6) is 11.5 Å². The van der Waals surface area contributed by atoms with Crippen LogP contribution in [0.2, 0.25) is 0 Å². The van der Waals surface area contributed by atoms with Crippen molar-refractivity contribution in [3.8, 4) is 11.5 Å². The van der Waals surface area contributed by atoms with E-state index in [0.717, 1.165) is 32.4 Å². The SMILES string of the molecule is COc1cc(/C=C2\SC(=O)N(CC(=O)N3CCN(c4ccccc4)CC3)C2=O)ccc1OCc1ccc(Br)cc1. The number of halogens is 1. The molecule has 0 radical (unpaired) electrons. The van der Waals surface area contributed by atoms with E-state index in [0.29, 0.717) is 49.8 Å². The molecule has 10 heteroatoms. The van der Waals surface area contributed by atoms with Gasteiger partial charge in [-0.25, -0.2) is 0 Å². The summed E-state index contributed by atoms with van der Waals surface area (Å²) in [4.78, 5) is 43.9. The van der Waals surface area contributed by atoms with Crippen LogP contribution in [0.15, 0.2) is 82.2 Å². The first kappa shape index (κ1) is 27.8. The molecular weight excluding hydrogens is 594 g/mol. The maximum absolute atomic E-state index is 13.1. The molecule has 3 amide bonds. The Morgan fingerprint density at radius 1 is 0.950 bits per heavy atom. The van der Waals surface area contributed by atoms with Crippen molar-refractivity contribution in [1.82, 2.24) is 9.80 Å². The van der Waals surface area contributed by atoms with Crippen molar-refractivity contribution >= 4 is 56.5 Å². The lowest BCUT2D eigenvalue weighted by Crippen LogP contribution is -2.51. The number of carbonyl (C=O) groups is 3. The predicted octanol–water partition coefficient (Wildman–Crippen LogP) is 5.42. The normalized spacial score (nSPS) is 16.6. The molecular formula is C30H28BrN3O5S. The maximum Gasteiger partial charge on any atom is 0.294 e. The molecule has 0 N–H and O–H groups in total. The number of carbonyl (C=O) groups excluding carboxylic acids is 3. The summed E-state index contributed by atoms with van der Waals surface area (Å²) in [6, 6.07) is 23.2. The molecule has 3 aromatic carbocycles. The fourth-order valence-corrected chi connectivity index (χ4v) is 5.61. The summed E-state index contributed by atoms with van der Waals surface area (Å²) in [5.41, 5.74) is 2.81. The second-order valence-electron chi connectivity index (χ2n) is 9.30. The van der Waals surface area contributed by atoms with E-state index in [1.54, 1.807) is 36.3 Å². The van der Waals surface area contributed by atoms with E-state index in [1.807, 2.05) is 54.6 Å². The van der Waals surface area contributed by atoms with Crippen molar-refractivity contribution in [2.24, 2.45) is 0 Å².